The van der Waals surface area contributed by atoms with Crippen molar-refractivity contribution in [3.05, 3.63) is 100 Å². The van der Waals surface area contributed by atoms with Crippen molar-refractivity contribution in [1.29, 1.82) is 0 Å². The van der Waals surface area contributed by atoms with Crippen molar-refractivity contribution < 1.29 is 30.9 Å². The normalized spacial score (nSPS) is 11.4. The molecular formula is C22H13ClF3N3O4S. The summed E-state index contributed by atoms with van der Waals surface area (Å²) in [7, 11) is -4.48. The average Bonchev–Trinajstić information content (AvgIpc) is 3.30. The predicted octanol–water partition coefficient (Wildman–Crippen LogP) is 4.82. The van der Waals surface area contributed by atoms with E-state index in [1.165, 1.54) is 24.5 Å². The van der Waals surface area contributed by atoms with Gasteiger partial charge in [0.05, 0.1) is 16.2 Å². The third kappa shape index (κ3) is 4.80. The van der Waals surface area contributed by atoms with Gasteiger partial charge in [-0.1, -0.05) is 16.8 Å². The Labute approximate surface area is 196 Å². The minimum absolute atomic E-state index is 0.00819. The van der Waals surface area contributed by atoms with Gasteiger partial charge in [-0.3, -0.25) is 4.79 Å². The van der Waals surface area contributed by atoms with Gasteiger partial charge in [0, 0.05) is 17.5 Å². The van der Waals surface area contributed by atoms with Crippen molar-refractivity contribution in [3.8, 4) is 0 Å². The van der Waals surface area contributed by atoms with E-state index in [1.54, 1.807) is 0 Å². The Balaban J connectivity index is 1.84. The van der Waals surface area contributed by atoms with Crippen LogP contribution in [0.5, 0.6) is 0 Å². The second kappa shape index (κ2) is 9.27. The van der Waals surface area contributed by atoms with Gasteiger partial charge in [0.1, 0.15) is 17.9 Å². The van der Waals surface area contributed by atoms with Gasteiger partial charge in [0.15, 0.2) is 16.7 Å². The molecule has 4 rings (SSSR count). The number of anilines is 1. The van der Waals surface area contributed by atoms with E-state index in [1.807, 2.05) is 0 Å². The number of benzene rings is 2. The molecule has 0 radical (unpaired) electrons. The molecule has 0 spiro atoms. The zero-order valence-electron chi connectivity index (χ0n) is 16.9. The molecule has 34 heavy (non-hydrogen) atoms. The molecule has 174 valence electrons. The van der Waals surface area contributed by atoms with E-state index in [0.29, 0.717) is 6.07 Å². The van der Waals surface area contributed by atoms with Crippen LogP contribution in [0, 0.1) is 17.5 Å². The number of halogens is 4. The van der Waals surface area contributed by atoms with E-state index in [4.69, 9.17) is 11.6 Å². The van der Waals surface area contributed by atoms with Crippen LogP contribution in [-0.4, -0.2) is 24.5 Å². The fourth-order valence-electron chi connectivity index (χ4n) is 3.07. The molecule has 2 aromatic heterocycles. The minimum atomic E-state index is -4.48. The third-order valence-electron chi connectivity index (χ3n) is 4.69. The maximum Gasteiger partial charge on any atom is 0.258 e. The summed E-state index contributed by atoms with van der Waals surface area (Å²) >= 11 is 5.79. The Kier molecular flexibility index (Phi) is 6.40. The SMILES string of the molecule is O=C(Nc1ccon1)c1cc(F)c(S(=O)(=O)c2ccc(Cl)cc2)nc1Cc1cc(F)ccc1F. The number of amides is 1. The van der Waals surface area contributed by atoms with Crippen molar-refractivity contribution in [1.82, 2.24) is 10.1 Å². The first kappa shape index (κ1) is 23.5. The standard InChI is InChI=1S/C22H13ClF3N3O4S/c23-13-1-4-15(5-2-13)34(31,32)22-18(26)11-16(21(30)28-20-7-8-33-29-20)19(27-22)10-12-9-14(24)3-6-17(12)25/h1-9,11H,10H2,(H,28,29,30). The number of hydrogen-bond donors (Lipinski definition) is 1. The van der Waals surface area contributed by atoms with Crippen LogP contribution in [0.4, 0.5) is 19.0 Å². The summed E-state index contributed by atoms with van der Waals surface area (Å²) < 4.78 is 73.6. The topological polar surface area (TPSA) is 102 Å². The number of carbonyl (C=O) groups is 1. The Bertz CT molecular complexity index is 1480. The molecule has 1 amide bonds. The fraction of sp³-hybridized carbons (Fsp3) is 0.0455. The van der Waals surface area contributed by atoms with Crippen LogP contribution < -0.4 is 5.32 Å². The smallest absolute Gasteiger partial charge is 0.258 e. The van der Waals surface area contributed by atoms with E-state index in [9.17, 15) is 26.4 Å². The molecular weight excluding hydrogens is 495 g/mol. The van der Waals surface area contributed by atoms with E-state index in [-0.39, 0.29) is 27.0 Å². The lowest BCUT2D eigenvalue weighted by atomic mass is 10.0. The average molecular weight is 508 g/mol. The number of pyridine rings is 1. The summed E-state index contributed by atoms with van der Waals surface area (Å²) in [6.07, 6.45) is 0.674. The van der Waals surface area contributed by atoms with Crippen LogP contribution in [0.1, 0.15) is 21.6 Å². The van der Waals surface area contributed by atoms with Crippen molar-refractivity contribution in [2.75, 3.05) is 5.32 Å². The van der Waals surface area contributed by atoms with Crippen LogP contribution in [0.25, 0.3) is 0 Å². The van der Waals surface area contributed by atoms with Crippen LogP contribution in [0.2, 0.25) is 5.02 Å². The van der Waals surface area contributed by atoms with Crippen LogP contribution in [0.3, 0.4) is 0 Å². The summed E-state index contributed by atoms with van der Waals surface area (Å²) in [4.78, 5) is 16.3. The maximum absolute atomic E-state index is 15.0. The molecule has 12 heteroatoms. The Morgan fingerprint density at radius 2 is 1.74 bits per heavy atom. The van der Waals surface area contributed by atoms with E-state index >= 15 is 0 Å². The predicted molar refractivity (Wildman–Crippen MR) is 115 cm³/mol. The Morgan fingerprint density at radius 1 is 1.00 bits per heavy atom. The number of carbonyl (C=O) groups excluding carboxylic acids is 1. The first-order chi connectivity index (χ1) is 16.1. The van der Waals surface area contributed by atoms with Gasteiger partial charge in [-0.2, -0.15) is 0 Å². The highest BCUT2D eigenvalue weighted by atomic mass is 35.5. The molecule has 0 bridgehead atoms. The fourth-order valence-corrected chi connectivity index (χ4v) is 4.46. The summed E-state index contributed by atoms with van der Waals surface area (Å²) in [6.45, 7) is 0. The van der Waals surface area contributed by atoms with Crippen molar-refractivity contribution in [2.24, 2.45) is 0 Å². The number of rotatable bonds is 6. The second-order valence-corrected chi connectivity index (χ2v) is 9.28. The molecule has 2 aromatic carbocycles. The molecule has 0 aliphatic carbocycles. The highest BCUT2D eigenvalue weighted by molar-refractivity contribution is 7.91. The molecule has 7 nitrogen and oxygen atoms in total. The highest BCUT2D eigenvalue weighted by Crippen LogP contribution is 2.27. The van der Waals surface area contributed by atoms with Crippen LogP contribution in [0.15, 0.2) is 75.3 Å². The molecule has 0 aliphatic rings. The maximum atomic E-state index is 15.0. The van der Waals surface area contributed by atoms with Gasteiger partial charge in [0.2, 0.25) is 9.84 Å². The summed E-state index contributed by atoms with van der Waals surface area (Å²) in [5, 5.41) is 5.11. The number of sulfone groups is 1. The van der Waals surface area contributed by atoms with Gasteiger partial charge >= 0.3 is 0 Å². The van der Waals surface area contributed by atoms with E-state index < -0.39 is 50.2 Å². The molecule has 0 saturated heterocycles. The van der Waals surface area contributed by atoms with Gasteiger partial charge < -0.3 is 9.84 Å². The summed E-state index contributed by atoms with van der Waals surface area (Å²) in [5.41, 5.74) is -0.928. The monoisotopic (exact) mass is 507 g/mol. The lowest BCUT2D eigenvalue weighted by Crippen LogP contribution is -2.19. The largest absolute Gasteiger partial charge is 0.363 e. The third-order valence-corrected chi connectivity index (χ3v) is 6.63. The highest BCUT2D eigenvalue weighted by Gasteiger charge is 2.28. The molecule has 0 unspecified atom stereocenters. The molecule has 0 saturated carbocycles. The van der Waals surface area contributed by atoms with Gasteiger partial charge in [-0.05, 0) is 54.1 Å². The number of nitrogens with zero attached hydrogens (tertiary/aromatic N) is 2. The summed E-state index contributed by atoms with van der Waals surface area (Å²) in [6, 6.07) is 9.54. The molecule has 4 aromatic rings. The Morgan fingerprint density at radius 3 is 2.41 bits per heavy atom. The van der Waals surface area contributed by atoms with Gasteiger partial charge in [-0.15, -0.1) is 0 Å². The second-order valence-electron chi connectivity index (χ2n) is 6.98. The minimum Gasteiger partial charge on any atom is -0.363 e. The molecule has 0 atom stereocenters. The lowest BCUT2D eigenvalue weighted by molar-refractivity contribution is 0.102. The van der Waals surface area contributed by atoms with Gasteiger partial charge in [0.25, 0.3) is 5.91 Å². The first-order valence-electron chi connectivity index (χ1n) is 9.51. The summed E-state index contributed by atoms with van der Waals surface area (Å²) in [5.74, 6) is -3.82. The van der Waals surface area contributed by atoms with Crippen molar-refractivity contribution in [3.63, 3.8) is 0 Å². The number of aromatic nitrogens is 2. The number of nitrogens with one attached hydrogen (secondary N) is 1. The van der Waals surface area contributed by atoms with Gasteiger partial charge in [-0.25, -0.2) is 26.6 Å². The lowest BCUT2D eigenvalue weighted by Gasteiger charge is -2.13. The number of hydrogen-bond acceptors (Lipinski definition) is 6. The zero-order chi connectivity index (χ0) is 24.5. The van der Waals surface area contributed by atoms with E-state index in [0.717, 1.165) is 30.3 Å². The molecule has 1 N–H and O–H groups in total. The zero-order valence-corrected chi connectivity index (χ0v) is 18.5. The van der Waals surface area contributed by atoms with Crippen molar-refractivity contribution in [2.45, 2.75) is 16.3 Å². The van der Waals surface area contributed by atoms with Crippen LogP contribution in [-0.2, 0) is 16.3 Å². The quantitative estimate of drug-likeness (QED) is 0.401. The van der Waals surface area contributed by atoms with Crippen molar-refractivity contribution >= 4 is 33.2 Å². The van der Waals surface area contributed by atoms with E-state index in [2.05, 4.69) is 20.0 Å². The molecule has 2 heterocycles. The first-order valence-corrected chi connectivity index (χ1v) is 11.4. The Hall–Kier alpha value is -3.70. The molecule has 0 fully saturated rings. The van der Waals surface area contributed by atoms with Crippen LogP contribution >= 0.6 is 11.6 Å². The molecule has 0 aliphatic heterocycles.